The molecule has 3 aromatic rings. The molecular formula is C18H22ClN3. The molecule has 1 aromatic carbocycles. The van der Waals surface area contributed by atoms with Gasteiger partial charge in [-0.15, -0.1) is 0 Å². The van der Waals surface area contributed by atoms with Crippen LogP contribution in [0.25, 0.3) is 22.4 Å². The predicted molar refractivity (Wildman–Crippen MR) is 94.4 cm³/mol. The first-order valence-corrected chi connectivity index (χ1v) is 7.95. The van der Waals surface area contributed by atoms with E-state index in [9.17, 15) is 0 Å². The molecule has 0 radical (unpaired) electrons. The molecule has 1 N–H and O–H groups in total. The van der Waals surface area contributed by atoms with Crippen LogP contribution in [0.5, 0.6) is 0 Å². The fourth-order valence-electron chi connectivity index (χ4n) is 2.11. The largest absolute Gasteiger partial charge is 0.338 e. The van der Waals surface area contributed by atoms with Gasteiger partial charge < -0.3 is 4.98 Å². The number of nitrogens with zero attached hydrogens (tertiary/aromatic N) is 2. The summed E-state index contributed by atoms with van der Waals surface area (Å²) in [7, 11) is 0. The standard InChI is InChI=1S/C16H16ClN3.C2H6/c1-16(2,3)13-9-8-10(14(17)20-13)15-18-11-6-4-5-7-12(11)19-15;1-2/h4-9H,1-3H3,(H,18,19);1-2H3. The molecule has 22 heavy (non-hydrogen) atoms. The zero-order valence-electron chi connectivity index (χ0n) is 13.7. The van der Waals surface area contributed by atoms with Crippen molar-refractivity contribution in [3.05, 3.63) is 47.2 Å². The van der Waals surface area contributed by atoms with Crippen molar-refractivity contribution < 1.29 is 0 Å². The number of hydrogen-bond acceptors (Lipinski definition) is 2. The Morgan fingerprint density at radius 2 is 1.64 bits per heavy atom. The summed E-state index contributed by atoms with van der Waals surface area (Å²) in [5.74, 6) is 0.754. The molecule has 0 saturated carbocycles. The molecule has 0 bridgehead atoms. The van der Waals surface area contributed by atoms with E-state index in [0.717, 1.165) is 28.1 Å². The number of nitrogens with one attached hydrogen (secondary N) is 1. The first-order chi connectivity index (χ1) is 10.4. The smallest absolute Gasteiger partial charge is 0.141 e. The molecular weight excluding hydrogens is 294 g/mol. The van der Waals surface area contributed by atoms with Gasteiger partial charge in [0.2, 0.25) is 0 Å². The van der Waals surface area contributed by atoms with Gasteiger partial charge in [0.15, 0.2) is 0 Å². The van der Waals surface area contributed by atoms with Crippen molar-refractivity contribution >= 4 is 22.6 Å². The van der Waals surface area contributed by atoms with Gasteiger partial charge in [-0.2, -0.15) is 0 Å². The number of para-hydroxylation sites is 2. The van der Waals surface area contributed by atoms with Crippen molar-refractivity contribution in [2.75, 3.05) is 0 Å². The molecule has 3 rings (SSSR count). The Morgan fingerprint density at radius 1 is 0.955 bits per heavy atom. The number of pyridine rings is 1. The number of aromatic nitrogens is 3. The molecule has 0 atom stereocenters. The van der Waals surface area contributed by atoms with Gasteiger partial charge in [-0.05, 0) is 24.3 Å². The Bertz CT molecular complexity index is 736. The van der Waals surface area contributed by atoms with E-state index in [1.807, 2.05) is 50.2 Å². The minimum atomic E-state index is -0.0178. The topological polar surface area (TPSA) is 41.6 Å². The lowest BCUT2D eigenvalue weighted by Crippen LogP contribution is -2.13. The molecule has 0 aliphatic carbocycles. The first kappa shape index (κ1) is 16.5. The Labute approximate surface area is 136 Å². The average molecular weight is 316 g/mol. The molecule has 0 aliphatic rings. The van der Waals surface area contributed by atoms with Crippen molar-refractivity contribution in [2.24, 2.45) is 0 Å². The molecule has 0 fully saturated rings. The summed E-state index contributed by atoms with van der Waals surface area (Å²) in [6.45, 7) is 10.4. The average Bonchev–Trinajstić information content (AvgIpc) is 2.91. The highest BCUT2D eigenvalue weighted by Gasteiger charge is 2.18. The van der Waals surface area contributed by atoms with Crippen molar-refractivity contribution in [3.8, 4) is 11.4 Å². The van der Waals surface area contributed by atoms with Crippen LogP contribution in [0.1, 0.15) is 40.3 Å². The van der Waals surface area contributed by atoms with Crippen LogP contribution in [-0.4, -0.2) is 15.0 Å². The predicted octanol–water partition coefficient (Wildman–Crippen LogP) is 5.60. The molecule has 3 nitrogen and oxygen atoms in total. The molecule has 0 unspecified atom stereocenters. The minimum absolute atomic E-state index is 0.0178. The third kappa shape index (κ3) is 3.30. The lowest BCUT2D eigenvalue weighted by atomic mass is 9.91. The van der Waals surface area contributed by atoms with Gasteiger partial charge in [-0.3, -0.25) is 0 Å². The van der Waals surface area contributed by atoms with Gasteiger partial charge in [0.05, 0.1) is 16.6 Å². The van der Waals surface area contributed by atoms with Crippen LogP contribution in [0.4, 0.5) is 0 Å². The van der Waals surface area contributed by atoms with E-state index in [-0.39, 0.29) is 5.41 Å². The molecule has 0 spiro atoms. The van der Waals surface area contributed by atoms with E-state index in [1.165, 1.54) is 0 Å². The van der Waals surface area contributed by atoms with Gasteiger partial charge >= 0.3 is 0 Å². The van der Waals surface area contributed by atoms with Crippen LogP contribution in [0, 0.1) is 0 Å². The molecule has 4 heteroatoms. The summed E-state index contributed by atoms with van der Waals surface area (Å²) in [5.41, 5.74) is 3.71. The molecule has 0 saturated heterocycles. The highest BCUT2D eigenvalue weighted by Crippen LogP contribution is 2.29. The molecule has 0 amide bonds. The van der Waals surface area contributed by atoms with Gasteiger partial charge in [0, 0.05) is 11.1 Å². The maximum atomic E-state index is 6.33. The summed E-state index contributed by atoms with van der Waals surface area (Å²) < 4.78 is 0. The number of H-pyrrole nitrogens is 1. The highest BCUT2D eigenvalue weighted by atomic mass is 35.5. The van der Waals surface area contributed by atoms with Crippen molar-refractivity contribution in [1.29, 1.82) is 0 Å². The molecule has 116 valence electrons. The number of benzene rings is 1. The molecule has 0 aliphatic heterocycles. The second kappa shape index (κ2) is 6.49. The van der Waals surface area contributed by atoms with Crippen LogP contribution in [0.15, 0.2) is 36.4 Å². The van der Waals surface area contributed by atoms with Crippen LogP contribution in [0.2, 0.25) is 5.15 Å². The maximum absolute atomic E-state index is 6.33. The number of halogens is 1. The SMILES string of the molecule is CC.CC(C)(C)c1ccc(-c2nc3ccccc3[nH]2)c(Cl)n1. The highest BCUT2D eigenvalue weighted by molar-refractivity contribution is 6.32. The number of fused-ring (bicyclic) bond motifs is 1. The number of aromatic amines is 1. The number of hydrogen-bond donors (Lipinski definition) is 1. The number of imidazole rings is 1. The fraction of sp³-hybridized carbons (Fsp3) is 0.333. The maximum Gasteiger partial charge on any atom is 0.141 e. The second-order valence-electron chi connectivity index (χ2n) is 5.89. The Morgan fingerprint density at radius 3 is 2.23 bits per heavy atom. The summed E-state index contributed by atoms with van der Waals surface area (Å²) in [6, 6.07) is 11.9. The lowest BCUT2D eigenvalue weighted by Gasteiger charge is -2.18. The van der Waals surface area contributed by atoms with E-state index < -0.39 is 0 Å². The van der Waals surface area contributed by atoms with Gasteiger partial charge in [0.1, 0.15) is 11.0 Å². The first-order valence-electron chi connectivity index (χ1n) is 7.57. The van der Waals surface area contributed by atoms with Crippen molar-refractivity contribution in [1.82, 2.24) is 15.0 Å². The van der Waals surface area contributed by atoms with Gasteiger partial charge in [0.25, 0.3) is 0 Å². The fourth-order valence-corrected chi connectivity index (χ4v) is 2.35. The summed E-state index contributed by atoms with van der Waals surface area (Å²) >= 11 is 6.33. The van der Waals surface area contributed by atoms with Gasteiger partial charge in [-0.25, -0.2) is 9.97 Å². The zero-order valence-corrected chi connectivity index (χ0v) is 14.5. The molecule has 2 aromatic heterocycles. The van der Waals surface area contributed by atoms with E-state index in [0.29, 0.717) is 5.15 Å². The Hall–Kier alpha value is -1.87. The summed E-state index contributed by atoms with van der Waals surface area (Å²) in [5, 5.41) is 0.483. The van der Waals surface area contributed by atoms with Crippen molar-refractivity contribution in [3.63, 3.8) is 0 Å². The summed E-state index contributed by atoms with van der Waals surface area (Å²) in [6.07, 6.45) is 0. The van der Waals surface area contributed by atoms with E-state index in [2.05, 4.69) is 35.7 Å². The minimum Gasteiger partial charge on any atom is -0.338 e. The molecule has 2 heterocycles. The van der Waals surface area contributed by atoms with E-state index in [4.69, 9.17) is 11.6 Å². The van der Waals surface area contributed by atoms with Crippen LogP contribution >= 0.6 is 11.6 Å². The normalized spacial score (nSPS) is 11.2. The van der Waals surface area contributed by atoms with E-state index >= 15 is 0 Å². The third-order valence-electron chi connectivity index (χ3n) is 3.26. The van der Waals surface area contributed by atoms with Crippen LogP contribution < -0.4 is 0 Å². The summed E-state index contributed by atoms with van der Waals surface area (Å²) in [4.78, 5) is 12.3. The second-order valence-corrected chi connectivity index (χ2v) is 6.25. The Kier molecular flexibility index (Phi) is 4.87. The third-order valence-corrected chi connectivity index (χ3v) is 3.55. The number of rotatable bonds is 1. The van der Waals surface area contributed by atoms with Gasteiger partial charge in [-0.1, -0.05) is 58.4 Å². The van der Waals surface area contributed by atoms with Crippen LogP contribution in [0.3, 0.4) is 0 Å². The van der Waals surface area contributed by atoms with E-state index in [1.54, 1.807) is 0 Å². The zero-order chi connectivity index (χ0) is 16.3. The monoisotopic (exact) mass is 315 g/mol. The lowest BCUT2D eigenvalue weighted by molar-refractivity contribution is 0.569. The Balaban J connectivity index is 0.000000847. The van der Waals surface area contributed by atoms with Crippen LogP contribution in [-0.2, 0) is 5.41 Å². The quantitative estimate of drug-likeness (QED) is 0.594. The van der Waals surface area contributed by atoms with Crippen molar-refractivity contribution in [2.45, 2.75) is 40.0 Å².